The third-order valence-electron chi connectivity index (χ3n) is 4.52. The molecule has 148 valence electrons. The summed E-state index contributed by atoms with van der Waals surface area (Å²) < 4.78 is 0. The van der Waals surface area contributed by atoms with Crippen molar-refractivity contribution in [2.24, 2.45) is 0 Å². The number of quaternary nitrogens is 1. The number of anilines is 2. The molecule has 0 radical (unpaired) electrons. The van der Waals surface area contributed by atoms with Crippen LogP contribution in [0, 0.1) is 30.9 Å². The molecule has 2 aromatic carbocycles. The van der Waals surface area contributed by atoms with Crippen LogP contribution in [-0.4, -0.2) is 36.9 Å². The van der Waals surface area contributed by atoms with Gasteiger partial charge in [-0.15, -0.1) is 0 Å². The highest BCUT2D eigenvalue weighted by atomic mass is 16.6. The molecule has 0 saturated heterocycles. The Morgan fingerprint density at radius 1 is 0.964 bits per heavy atom. The maximum atomic E-state index is 12.3. The predicted molar refractivity (Wildman–Crippen MR) is 108 cm³/mol. The highest BCUT2D eigenvalue weighted by Gasteiger charge is 2.20. The van der Waals surface area contributed by atoms with Crippen molar-refractivity contribution in [2.45, 2.75) is 20.8 Å². The second kappa shape index (κ2) is 9.09. The van der Waals surface area contributed by atoms with E-state index in [1.807, 2.05) is 32.0 Å². The van der Waals surface area contributed by atoms with Gasteiger partial charge >= 0.3 is 0 Å². The molecule has 8 heteroatoms. The van der Waals surface area contributed by atoms with E-state index < -0.39 is 10.8 Å². The Balaban J connectivity index is 1.95. The highest BCUT2D eigenvalue weighted by molar-refractivity contribution is 5.95. The first kappa shape index (κ1) is 21.0. The molecule has 28 heavy (non-hydrogen) atoms. The van der Waals surface area contributed by atoms with Crippen LogP contribution in [0.2, 0.25) is 0 Å². The summed E-state index contributed by atoms with van der Waals surface area (Å²) in [4.78, 5) is 35.8. The molecule has 2 amide bonds. The number of nitro benzene ring substituents is 1. The zero-order chi connectivity index (χ0) is 20.8. The quantitative estimate of drug-likeness (QED) is 0.497. The van der Waals surface area contributed by atoms with Gasteiger partial charge in [0, 0.05) is 11.8 Å². The SMILES string of the molecule is Cc1cccc(NC(=O)C[NH+](C)CC(=O)Nc2c(C)cccc2[N+](=O)[O-])c1C. The molecule has 0 aliphatic heterocycles. The molecular weight excluding hydrogens is 360 g/mol. The third kappa shape index (κ3) is 5.37. The number of para-hydroxylation sites is 1. The summed E-state index contributed by atoms with van der Waals surface area (Å²) in [5.74, 6) is -0.602. The third-order valence-corrected chi connectivity index (χ3v) is 4.52. The molecule has 8 nitrogen and oxygen atoms in total. The minimum Gasteiger partial charge on any atom is -0.322 e. The van der Waals surface area contributed by atoms with Gasteiger partial charge in [0.25, 0.3) is 17.5 Å². The zero-order valence-corrected chi connectivity index (χ0v) is 16.5. The standard InChI is InChI=1S/C20H24N4O4/c1-13-7-5-9-16(15(13)3)21-18(25)11-23(4)12-19(26)22-20-14(2)8-6-10-17(20)24(27)28/h5-10H,11-12H2,1-4H3,(H,21,25)(H,22,26)/p+1. The topological polar surface area (TPSA) is 106 Å². The number of rotatable bonds is 7. The molecular formula is C20H25N4O4+. The van der Waals surface area contributed by atoms with Crippen molar-refractivity contribution in [2.75, 3.05) is 30.8 Å². The molecule has 0 aliphatic rings. The summed E-state index contributed by atoms with van der Waals surface area (Å²) in [7, 11) is 1.72. The van der Waals surface area contributed by atoms with Crippen LogP contribution in [0.4, 0.5) is 17.1 Å². The van der Waals surface area contributed by atoms with Gasteiger partial charge in [0.1, 0.15) is 5.69 Å². The van der Waals surface area contributed by atoms with Gasteiger partial charge in [-0.2, -0.15) is 0 Å². The Bertz CT molecular complexity index is 911. The summed E-state index contributed by atoms with van der Waals surface area (Å²) in [5.41, 5.74) is 3.46. The summed E-state index contributed by atoms with van der Waals surface area (Å²) in [5, 5.41) is 16.6. The average molecular weight is 385 g/mol. The average Bonchev–Trinajstić information content (AvgIpc) is 2.60. The number of amides is 2. The molecule has 2 rings (SSSR count). The molecule has 2 aromatic rings. The number of benzene rings is 2. The maximum Gasteiger partial charge on any atom is 0.293 e. The lowest BCUT2D eigenvalue weighted by atomic mass is 10.1. The number of carbonyl (C=O) groups is 2. The van der Waals surface area contributed by atoms with E-state index in [9.17, 15) is 19.7 Å². The van der Waals surface area contributed by atoms with Crippen molar-refractivity contribution in [3.8, 4) is 0 Å². The van der Waals surface area contributed by atoms with Crippen molar-refractivity contribution in [3.05, 3.63) is 63.2 Å². The van der Waals surface area contributed by atoms with Gasteiger partial charge in [-0.05, 0) is 43.5 Å². The Labute approximate surface area is 163 Å². The summed E-state index contributed by atoms with van der Waals surface area (Å²) >= 11 is 0. The molecule has 1 unspecified atom stereocenters. The van der Waals surface area contributed by atoms with Gasteiger partial charge in [0.15, 0.2) is 13.1 Å². The molecule has 0 spiro atoms. The molecule has 0 bridgehead atoms. The minimum absolute atomic E-state index is 0.00566. The van der Waals surface area contributed by atoms with E-state index in [0.29, 0.717) is 10.5 Å². The fourth-order valence-corrected chi connectivity index (χ4v) is 2.84. The van der Waals surface area contributed by atoms with E-state index in [4.69, 9.17) is 0 Å². The first-order valence-electron chi connectivity index (χ1n) is 8.90. The number of nitrogens with one attached hydrogen (secondary N) is 3. The van der Waals surface area contributed by atoms with Crippen LogP contribution in [0.25, 0.3) is 0 Å². The van der Waals surface area contributed by atoms with E-state index in [1.165, 1.54) is 6.07 Å². The number of carbonyl (C=O) groups excluding carboxylic acids is 2. The van der Waals surface area contributed by atoms with Crippen molar-refractivity contribution in [3.63, 3.8) is 0 Å². The first-order valence-corrected chi connectivity index (χ1v) is 8.90. The largest absolute Gasteiger partial charge is 0.322 e. The Hall–Kier alpha value is -3.26. The number of hydrogen-bond acceptors (Lipinski definition) is 4. The van der Waals surface area contributed by atoms with Crippen molar-refractivity contribution in [1.29, 1.82) is 0 Å². The van der Waals surface area contributed by atoms with Gasteiger partial charge in [0.2, 0.25) is 0 Å². The van der Waals surface area contributed by atoms with Crippen molar-refractivity contribution >= 4 is 28.9 Å². The van der Waals surface area contributed by atoms with Crippen LogP contribution in [0.15, 0.2) is 36.4 Å². The van der Waals surface area contributed by atoms with Crippen LogP contribution in [0.3, 0.4) is 0 Å². The number of nitro groups is 1. The van der Waals surface area contributed by atoms with Crippen LogP contribution >= 0.6 is 0 Å². The molecule has 0 aliphatic carbocycles. The number of likely N-dealkylation sites (N-methyl/N-ethyl adjacent to an activating group) is 1. The van der Waals surface area contributed by atoms with Crippen LogP contribution in [0.5, 0.6) is 0 Å². The lowest BCUT2D eigenvalue weighted by Gasteiger charge is -2.15. The Morgan fingerprint density at radius 3 is 2.18 bits per heavy atom. The first-order chi connectivity index (χ1) is 13.2. The Kier molecular flexibility index (Phi) is 6.84. The molecule has 0 saturated carbocycles. The normalized spacial score (nSPS) is 11.6. The fourth-order valence-electron chi connectivity index (χ4n) is 2.84. The van der Waals surface area contributed by atoms with E-state index in [0.717, 1.165) is 16.8 Å². The summed E-state index contributed by atoms with van der Waals surface area (Å²) in [6.45, 7) is 5.70. The van der Waals surface area contributed by atoms with Crippen LogP contribution < -0.4 is 15.5 Å². The van der Waals surface area contributed by atoms with Crippen LogP contribution in [-0.2, 0) is 9.59 Å². The predicted octanol–water partition coefficient (Wildman–Crippen LogP) is 1.61. The van der Waals surface area contributed by atoms with Crippen molar-refractivity contribution in [1.82, 2.24) is 0 Å². The monoisotopic (exact) mass is 385 g/mol. The number of nitrogens with zero attached hydrogens (tertiary/aromatic N) is 1. The molecule has 0 aromatic heterocycles. The van der Waals surface area contributed by atoms with Gasteiger partial charge in [0.05, 0.1) is 12.0 Å². The Morgan fingerprint density at radius 2 is 1.54 bits per heavy atom. The fraction of sp³-hybridized carbons (Fsp3) is 0.300. The number of aryl methyl sites for hydroxylation is 2. The molecule has 0 heterocycles. The van der Waals surface area contributed by atoms with Gasteiger partial charge in [-0.25, -0.2) is 0 Å². The second-order valence-electron chi connectivity index (χ2n) is 6.88. The smallest absolute Gasteiger partial charge is 0.293 e. The molecule has 1 atom stereocenters. The summed E-state index contributed by atoms with van der Waals surface area (Å²) in [6.07, 6.45) is 0. The summed E-state index contributed by atoms with van der Waals surface area (Å²) in [6, 6.07) is 10.3. The zero-order valence-electron chi connectivity index (χ0n) is 16.5. The van der Waals surface area contributed by atoms with Gasteiger partial charge in [-0.1, -0.05) is 24.3 Å². The molecule has 3 N–H and O–H groups in total. The van der Waals surface area contributed by atoms with E-state index >= 15 is 0 Å². The maximum absolute atomic E-state index is 12.3. The van der Waals surface area contributed by atoms with E-state index in [-0.39, 0.29) is 30.4 Å². The lowest BCUT2D eigenvalue weighted by Crippen LogP contribution is -3.11. The van der Waals surface area contributed by atoms with E-state index in [2.05, 4.69) is 10.6 Å². The number of hydrogen-bond donors (Lipinski definition) is 3. The molecule has 0 fully saturated rings. The second-order valence-corrected chi connectivity index (χ2v) is 6.88. The lowest BCUT2D eigenvalue weighted by molar-refractivity contribution is -0.862. The van der Waals surface area contributed by atoms with Crippen molar-refractivity contribution < 1.29 is 19.4 Å². The van der Waals surface area contributed by atoms with Crippen LogP contribution in [0.1, 0.15) is 16.7 Å². The van der Waals surface area contributed by atoms with Gasteiger partial charge < -0.3 is 15.5 Å². The highest BCUT2D eigenvalue weighted by Crippen LogP contribution is 2.27. The van der Waals surface area contributed by atoms with Gasteiger partial charge in [-0.3, -0.25) is 19.7 Å². The minimum atomic E-state index is -0.531. The van der Waals surface area contributed by atoms with E-state index in [1.54, 1.807) is 26.1 Å².